The standard InChI is InChI=1S/C9H16N4O3/c1-6(13(15)16)7-3-2-4-8(5-7)11-12-9(10)14/h6-7H,2-5H2,1H3,(H3,10,12,14). The molecule has 3 N–H and O–H groups in total. The highest BCUT2D eigenvalue weighted by Gasteiger charge is 2.30. The summed E-state index contributed by atoms with van der Waals surface area (Å²) in [6.07, 6.45) is 3.02. The SMILES string of the molecule is CC(C1CCCC(=NNC(N)=O)C1)[N+](=O)[O-]. The predicted molar refractivity (Wildman–Crippen MR) is 58.6 cm³/mol. The lowest BCUT2D eigenvalue weighted by Gasteiger charge is -2.23. The van der Waals surface area contributed by atoms with Crippen LogP contribution < -0.4 is 11.2 Å². The van der Waals surface area contributed by atoms with Crippen LogP contribution in [0.15, 0.2) is 5.10 Å². The van der Waals surface area contributed by atoms with E-state index in [2.05, 4.69) is 10.5 Å². The first-order valence-electron chi connectivity index (χ1n) is 5.25. The predicted octanol–water partition coefficient (Wildman–Crippen LogP) is 0.866. The molecule has 2 unspecified atom stereocenters. The minimum atomic E-state index is -0.711. The van der Waals surface area contributed by atoms with E-state index in [-0.39, 0.29) is 10.8 Å². The molecule has 1 aliphatic rings. The Morgan fingerprint density at radius 3 is 3.00 bits per heavy atom. The zero-order chi connectivity index (χ0) is 12.1. The van der Waals surface area contributed by atoms with Crippen LogP contribution in [0.5, 0.6) is 0 Å². The van der Waals surface area contributed by atoms with Gasteiger partial charge in [-0.2, -0.15) is 5.10 Å². The number of hydrogen-bond acceptors (Lipinski definition) is 4. The summed E-state index contributed by atoms with van der Waals surface area (Å²) in [4.78, 5) is 20.8. The van der Waals surface area contributed by atoms with E-state index in [0.29, 0.717) is 6.42 Å². The van der Waals surface area contributed by atoms with Crippen LogP contribution in [0.3, 0.4) is 0 Å². The second-order valence-corrected chi connectivity index (χ2v) is 4.04. The average Bonchev–Trinajstić information content (AvgIpc) is 2.25. The van der Waals surface area contributed by atoms with E-state index in [1.165, 1.54) is 0 Å². The summed E-state index contributed by atoms with van der Waals surface area (Å²) in [5.41, 5.74) is 7.83. The maximum Gasteiger partial charge on any atom is 0.332 e. The monoisotopic (exact) mass is 228 g/mol. The zero-order valence-corrected chi connectivity index (χ0v) is 9.18. The Bertz CT molecular complexity index is 316. The molecule has 16 heavy (non-hydrogen) atoms. The minimum absolute atomic E-state index is 0.00261. The van der Waals surface area contributed by atoms with E-state index in [1.807, 2.05) is 0 Å². The van der Waals surface area contributed by atoms with Gasteiger partial charge in [-0.1, -0.05) is 0 Å². The van der Waals surface area contributed by atoms with Crippen LogP contribution in [0.2, 0.25) is 0 Å². The Kier molecular flexibility index (Phi) is 4.21. The van der Waals surface area contributed by atoms with Gasteiger partial charge in [-0.05, 0) is 25.7 Å². The van der Waals surface area contributed by atoms with E-state index in [1.54, 1.807) is 6.92 Å². The van der Waals surface area contributed by atoms with Crippen LogP contribution in [0.25, 0.3) is 0 Å². The number of nitrogens with one attached hydrogen (secondary N) is 1. The minimum Gasteiger partial charge on any atom is -0.350 e. The maximum atomic E-state index is 10.6. The number of nitrogens with zero attached hydrogens (tertiary/aromatic N) is 2. The number of primary amides is 1. The summed E-state index contributed by atoms with van der Waals surface area (Å²) in [5, 5.41) is 14.5. The van der Waals surface area contributed by atoms with Crippen molar-refractivity contribution in [3.05, 3.63) is 10.1 Å². The number of carbonyl (C=O) groups is 1. The highest BCUT2D eigenvalue weighted by molar-refractivity contribution is 5.86. The van der Waals surface area contributed by atoms with Crippen molar-refractivity contribution in [3.63, 3.8) is 0 Å². The van der Waals surface area contributed by atoms with Crippen LogP contribution in [0.4, 0.5) is 4.79 Å². The summed E-state index contributed by atoms with van der Waals surface area (Å²) in [5.74, 6) is -0.00261. The summed E-state index contributed by atoms with van der Waals surface area (Å²) in [6, 6.07) is -1.28. The van der Waals surface area contributed by atoms with Gasteiger partial charge in [0.05, 0.1) is 0 Å². The van der Waals surface area contributed by atoms with Crippen molar-refractivity contribution >= 4 is 11.7 Å². The van der Waals surface area contributed by atoms with Crippen LogP contribution in [-0.2, 0) is 0 Å². The summed E-state index contributed by atoms with van der Waals surface area (Å²) >= 11 is 0. The Morgan fingerprint density at radius 2 is 2.44 bits per heavy atom. The van der Waals surface area contributed by atoms with Gasteiger partial charge in [-0.15, -0.1) is 0 Å². The zero-order valence-electron chi connectivity index (χ0n) is 9.18. The molecule has 0 aromatic carbocycles. The lowest BCUT2D eigenvalue weighted by molar-refractivity contribution is -0.527. The molecule has 2 amide bonds. The molecular weight excluding hydrogens is 212 g/mol. The van der Waals surface area contributed by atoms with E-state index in [9.17, 15) is 14.9 Å². The Hall–Kier alpha value is -1.66. The van der Waals surface area contributed by atoms with Gasteiger partial charge < -0.3 is 5.73 Å². The highest BCUT2D eigenvalue weighted by atomic mass is 16.6. The molecule has 7 nitrogen and oxygen atoms in total. The van der Waals surface area contributed by atoms with Crippen molar-refractivity contribution < 1.29 is 9.72 Å². The molecule has 0 aromatic heterocycles. The second-order valence-electron chi connectivity index (χ2n) is 4.04. The molecule has 1 fully saturated rings. The summed E-state index contributed by atoms with van der Waals surface area (Å²) in [6.45, 7) is 1.61. The molecule has 2 atom stereocenters. The van der Waals surface area contributed by atoms with E-state index >= 15 is 0 Å². The van der Waals surface area contributed by atoms with Gasteiger partial charge in [0.25, 0.3) is 0 Å². The number of rotatable bonds is 3. The molecule has 90 valence electrons. The third kappa shape index (κ3) is 3.48. The summed E-state index contributed by atoms with van der Waals surface area (Å²) in [7, 11) is 0. The fourth-order valence-electron chi connectivity index (χ4n) is 1.89. The van der Waals surface area contributed by atoms with Gasteiger partial charge in [0.1, 0.15) is 0 Å². The second kappa shape index (κ2) is 5.43. The van der Waals surface area contributed by atoms with Gasteiger partial charge in [-0.3, -0.25) is 10.1 Å². The molecule has 7 heteroatoms. The normalized spacial score (nSPS) is 25.1. The van der Waals surface area contributed by atoms with Crippen LogP contribution in [0, 0.1) is 16.0 Å². The topological polar surface area (TPSA) is 111 Å². The first kappa shape index (κ1) is 12.4. The molecular formula is C9H16N4O3. The Labute approximate surface area is 93.2 Å². The van der Waals surface area contributed by atoms with Crippen molar-refractivity contribution in [2.24, 2.45) is 16.8 Å². The number of urea groups is 1. The van der Waals surface area contributed by atoms with E-state index in [4.69, 9.17) is 5.73 Å². The Balaban J connectivity index is 2.56. The van der Waals surface area contributed by atoms with Gasteiger partial charge in [0.2, 0.25) is 6.04 Å². The van der Waals surface area contributed by atoms with Gasteiger partial charge >= 0.3 is 6.03 Å². The number of hydrogen-bond donors (Lipinski definition) is 2. The molecule has 1 rings (SSSR count). The summed E-state index contributed by atoms with van der Waals surface area (Å²) < 4.78 is 0. The first-order chi connectivity index (χ1) is 7.50. The third-order valence-electron chi connectivity index (χ3n) is 2.88. The molecule has 0 bridgehead atoms. The van der Waals surface area contributed by atoms with Crippen LogP contribution in [-0.4, -0.2) is 22.7 Å². The van der Waals surface area contributed by atoms with Crippen molar-refractivity contribution in [1.29, 1.82) is 0 Å². The largest absolute Gasteiger partial charge is 0.350 e. The van der Waals surface area contributed by atoms with Crippen LogP contribution >= 0.6 is 0 Å². The van der Waals surface area contributed by atoms with Crippen molar-refractivity contribution in [2.75, 3.05) is 0 Å². The van der Waals surface area contributed by atoms with Gasteiger partial charge in [0, 0.05) is 23.5 Å². The molecule has 0 saturated heterocycles. The maximum absolute atomic E-state index is 10.6. The molecule has 0 heterocycles. The number of amides is 2. The molecule has 0 spiro atoms. The fraction of sp³-hybridized carbons (Fsp3) is 0.778. The van der Waals surface area contributed by atoms with Gasteiger partial charge in [-0.25, -0.2) is 10.2 Å². The molecule has 0 aromatic rings. The fourth-order valence-corrected chi connectivity index (χ4v) is 1.89. The van der Waals surface area contributed by atoms with Gasteiger partial charge in [0.15, 0.2) is 0 Å². The highest BCUT2D eigenvalue weighted by Crippen LogP contribution is 2.26. The number of carbonyl (C=O) groups excluding carboxylic acids is 1. The van der Waals surface area contributed by atoms with E-state index in [0.717, 1.165) is 25.0 Å². The molecule has 1 aliphatic carbocycles. The number of nitro groups is 1. The number of nitrogens with two attached hydrogens (primary N) is 1. The van der Waals surface area contributed by atoms with E-state index < -0.39 is 12.1 Å². The molecule has 0 radical (unpaired) electrons. The molecule has 0 aliphatic heterocycles. The average molecular weight is 228 g/mol. The lowest BCUT2D eigenvalue weighted by atomic mass is 9.83. The molecule has 1 saturated carbocycles. The van der Waals surface area contributed by atoms with Crippen LogP contribution in [0.1, 0.15) is 32.6 Å². The van der Waals surface area contributed by atoms with Crippen molar-refractivity contribution in [2.45, 2.75) is 38.6 Å². The van der Waals surface area contributed by atoms with Crippen molar-refractivity contribution in [3.8, 4) is 0 Å². The smallest absolute Gasteiger partial charge is 0.332 e. The third-order valence-corrected chi connectivity index (χ3v) is 2.88. The van der Waals surface area contributed by atoms with Crippen molar-refractivity contribution in [1.82, 2.24) is 5.43 Å². The lowest BCUT2D eigenvalue weighted by Crippen LogP contribution is -2.32. The quantitative estimate of drug-likeness (QED) is 0.552. The number of hydrazone groups is 1. The Morgan fingerprint density at radius 1 is 1.75 bits per heavy atom. The first-order valence-corrected chi connectivity index (χ1v) is 5.25.